The first kappa shape index (κ1) is 19.7. The SMILES string of the molecule is Cc1ccc(NC(=O)c2cccc3cc(B4OC(C)(C)C(C)(C)O4)ccc23)cc1. The Labute approximate surface area is 172 Å². The van der Waals surface area contributed by atoms with Crippen molar-refractivity contribution in [2.24, 2.45) is 0 Å². The van der Waals surface area contributed by atoms with Crippen LogP contribution in [-0.4, -0.2) is 24.2 Å². The Balaban J connectivity index is 1.63. The molecule has 1 amide bonds. The molecule has 0 atom stereocenters. The van der Waals surface area contributed by atoms with Gasteiger partial charge in [-0.1, -0.05) is 48.0 Å². The summed E-state index contributed by atoms with van der Waals surface area (Å²) in [5, 5.41) is 4.86. The van der Waals surface area contributed by atoms with Gasteiger partial charge in [0.1, 0.15) is 0 Å². The van der Waals surface area contributed by atoms with Gasteiger partial charge in [-0.05, 0) is 69.1 Å². The molecule has 1 aliphatic heterocycles. The number of carbonyl (C=O) groups is 1. The molecule has 0 radical (unpaired) electrons. The van der Waals surface area contributed by atoms with Gasteiger partial charge in [0.15, 0.2) is 0 Å². The van der Waals surface area contributed by atoms with Crippen molar-refractivity contribution in [3.63, 3.8) is 0 Å². The molecule has 1 heterocycles. The summed E-state index contributed by atoms with van der Waals surface area (Å²) >= 11 is 0. The van der Waals surface area contributed by atoms with Crippen LogP contribution in [0, 0.1) is 6.92 Å². The number of aryl methyl sites for hydroxylation is 1. The zero-order valence-electron chi connectivity index (χ0n) is 17.6. The summed E-state index contributed by atoms with van der Waals surface area (Å²) < 4.78 is 12.3. The third kappa shape index (κ3) is 3.68. The lowest BCUT2D eigenvalue weighted by Gasteiger charge is -2.32. The minimum absolute atomic E-state index is 0.122. The van der Waals surface area contributed by atoms with E-state index in [0.717, 1.165) is 27.5 Å². The molecule has 0 saturated carbocycles. The summed E-state index contributed by atoms with van der Waals surface area (Å²) in [7, 11) is -0.422. The second kappa shape index (κ2) is 7.01. The van der Waals surface area contributed by atoms with Gasteiger partial charge in [-0.2, -0.15) is 0 Å². The molecule has 3 aromatic carbocycles. The Hall–Kier alpha value is -2.63. The maximum Gasteiger partial charge on any atom is 0.494 e. The van der Waals surface area contributed by atoms with Gasteiger partial charge in [0, 0.05) is 11.3 Å². The molecule has 3 aromatic rings. The van der Waals surface area contributed by atoms with Crippen molar-refractivity contribution in [1.29, 1.82) is 0 Å². The second-order valence-corrected chi connectivity index (χ2v) is 8.69. The van der Waals surface area contributed by atoms with Crippen LogP contribution in [0.2, 0.25) is 0 Å². The minimum Gasteiger partial charge on any atom is -0.399 e. The van der Waals surface area contributed by atoms with E-state index in [2.05, 4.69) is 5.32 Å². The van der Waals surface area contributed by atoms with E-state index in [1.165, 1.54) is 0 Å². The fourth-order valence-electron chi connectivity index (χ4n) is 3.46. The zero-order valence-corrected chi connectivity index (χ0v) is 17.6. The number of rotatable bonds is 3. The van der Waals surface area contributed by atoms with Gasteiger partial charge in [-0.3, -0.25) is 4.79 Å². The predicted octanol–water partition coefficient (Wildman–Crippen LogP) is 4.70. The fraction of sp³-hybridized carbons (Fsp3) is 0.292. The highest BCUT2D eigenvalue weighted by Crippen LogP contribution is 2.36. The average Bonchev–Trinajstić information content (AvgIpc) is 2.90. The number of anilines is 1. The van der Waals surface area contributed by atoms with Gasteiger partial charge >= 0.3 is 7.12 Å². The molecule has 4 nitrogen and oxygen atoms in total. The van der Waals surface area contributed by atoms with Crippen LogP contribution in [0.5, 0.6) is 0 Å². The number of fused-ring (bicyclic) bond motifs is 1. The molecule has 0 aromatic heterocycles. The van der Waals surface area contributed by atoms with Crippen LogP contribution in [0.4, 0.5) is 5.69 Å². The first-order valence-corrected chi connectivity index (χ1v) is 9.93. The van der Waals surface area contributed by atoms with Gasteiger partial charge in [0.25, 0.3) is 5.91 Å². The van der Waals surface area contributed by atoms with Crippen molar-refractivity contribution >= 4 is 34.9 Å². The number of benzene rings is 3. The lowest BCUT2D eigenvalue weighted by atomic mass is 9.78. The van der Waals surface area contributed by atoms with Crippen molar-refractivity contribution in [1.82, 2.24) is 0 Å². The molecule has 1 saturated heterocycles. The smallest absolute Gasteiger partial charge is 0.399 e. The second-order valence-electron chi connectivity index (χ2n) is 8.69. The highest BCUT2D eigenvalue weighted by molar-refractivity contribution is 6.62. The van der Waals surface area contributed by atoms with E-state index in [4.69, 9.17) is 9.31 Å². The summed E-state index contributed by atoms with van der Waals surface area (Å²) in [5.74, 6) is -0.122. The molecule has 29 heavy (non-hydrogen) atoms. The minimum atomic E-state index is -0.422. The van der Waals surface area contributed by atoms with E-state index in [-0.39, 0.29) is 17.1 Å². The van der Waals surface area contributed by atoms with Crippen LogP contribution in [-0.2, 0) is 9.31 Å². The van der Waals surface area contributed by atoms with Crippen molar-refractivity contribution in [3.8, 4) is 0 Å². The largest absolute Gasteiger partial charge is 0.494 e. The van der Waals surface area contributed by atoms with E-state index in [0.29, 0.717) is 5.56 Å². The molecule has 0 bridgehead atoms. The molecule has 5 heteroatoms. The Kier molecular flexibility index (Phi) is 4.76. The lowest BCUT2D eigenvalue weighted by molar-refractivity contribution is 0.00578. The van der Waals surface area contributed by atoms with E-state index in [1.54, 1.807) is 0 Å². The quantitative estimate of drug-likeness (QED) is 0.663. The summed E-state index contributed by atoms with van der Waals surface area (Å²) in [6.07, 6.45) is 0. The molecule has 1 N–H and O–H groups in total. The summed E-state index contributed by atoms with van der Waals surface area (Å²) in [6.45, 7) is 10.2. The van der Waals surface area contributed by atoms with Gasteiger partial charge in [0.2, 0.25) is 0 Å². The van der Waals surface area contributed by atoms with E-state index in [9.17, 15) is 4.79 Å². The summed E-state index contributed by atoms with van der Waals surface area (Å²) in [5.41, 5.74) is 2.76. The molecule has 1 fully saturated rings. The Morgan fingerprint density at radius 1 is 0.897 bits per heavy atom. The fourth-order valence-corrected chi connectivity index (χ4v) is 3.46. The van der Waals surface area contributed by atoms with Crippen LogP contribution in [0.15, 0.2) is 60.7 Å². The Morgan fingerprint density at radius 3 is 2.21 bits per heavy atom. The average molecular weight is 387 g/mol. The predicted molar refractivity (Wildman–Crippen MR) is 119 cm³/mol. The molecular weight excluding hydrogens is 361 g/mol. The van der Waals surface area contributed by atoms with E-state index in [1.807, 2.05) is 95.3 Å². The molecular formula is C24H26BNO3. The Bertz CT molecular complexity index is 1060. The first-order valence-electron chi connectivity index (χ1n) is 9.93. The number of carbonyl (C=O) groups excluding carboxylic acids is 1. The van der Waals surface area contributed by atoms with Gasteiger partial charge in [-0.15, -0.1) is 0 Å². The number of hydrogen-bond acceptors (Lipinski definition) is 3. The zero-order chi connectivity index (χ0) is 20.8. The Morgan fingerprint density at radius 2 is 1.55 bits per heavy atom. The molecule has 1 aliphatic rings. The van der Waals surface area contributed by atoms with Gasteiger partial charge in [-0.25, -0.2) is 0 Å². The van der Waals surface area contributed by atoms with Crippen LogP contribution in [0.1, 0.15) is 43.6 Å². The van der Waals surface area contributed by atoms with Gasteiger partial charge < -0.3 is 14.6 Å². The monoisotopic (exact) mass is 387 g/mol. The van der Waals surface area contributed by atoms with Crippen LogP contribution < -0.4 is 10.8 Å². The molecule has 4 rings (SSSR count). The number of amides is 1. The number of nitrogens with one attached hydrogen (secondary N) is 1. The number of hydrogen-bond donors (Lipinski definition) is 1. The van der Waals surface area contributed by atoms with E-state index < -0.39 is 7.12 Å². The topological polar surface area (TPSA) is 47.6 Å². The normalized spacial score (nSPS) is 17.5. The summed E-state index contributed by atoms with van der Waals surface area (Å²) in [4.78, 5) is 12.9. The molecule has 148 valence electrons. The maximum atomic E-state index is 12.9. The van der Waals surface area contributed by atoms with Crippen LogP contribution >= 0.6 is 0 Å². The molecule has 0 spiro atoms. The van der Waals surface area contributed by atoms with Crippen molar-refractivity contribution < 1.29 is 14.1 Å². The standard InChI is InChI=1S/C24H26BNO3/c1-16-9-12-19(13-10-16)26-22(27)21-8-6-7-17-15-18(11-14-20(17)21)25-28-23(2,3)24(4,5)29-25/h6-15H,1-5H3,(H,26,27). The molecule has 0 aliphatic carbocycles. The van der Waals surface area contributed by atoms with E-state index >= 15 is 0 Å². The van der Waals surface area contributed by atoms with Crippen LogP contribution in [0.3, 0.4) is 0 Å². The van der Waals surface area contributed by atoms with Crippen molar-refractivity contribution in [3.05, 3.63) is 71.8 Å². The highest BCUT2D eigenvalue weighted by atomic mass is 16.7. The summed E-state index contributed by atoms with van der Waals surface area (Å²) in [6, 6.07) is 19.5. The molecule has 0 unspecified atom stereocenters. The maximum absolute atomic E-state index is 12.9. The lowest BCUT2D eigenvalue weighted by Crippen LogP contribution is -2.41. The third-order valence-electron chi connectivity index (χ3n) is 5.98. The van der Waals surface area contributed by atoms with Gasteiger partial charge in [0.05, 0.1) is 11.2 Å². The first-order chi connectivity index (χ1) is 13.7. The van der Waals surface area contributed by atoms with Crippen LogP contribution in [0.25, 0.3) is 10.8 Å². The van der Waals surface area contributed by atoms with Crippen molar-refractivity contribution in [2.45, 2.75) is 45.8 Å². The van der Waals surface area contributed by atoms with Crippen molar-refractivity contribution in [2.75, 3.05) is 5.32 Å². The highest BCUT2D eigenvalue weighted by Gasteiger charge is 2.51. The third-order valence-corrected chi connectivity index (χ3v) is 5.98.